The molecule has 108 valence electrons. The van der Waals surface area contributed by atoms with Crippen LogP contribution in [0, 0.1) is 11.3 Å². The van der Waals surface area contributed by atoms with Gasteiger partial charge in [0.05, 0.1) is 0 Å². The lowest BCUT2D eigenvalue weighted by atomic mass is 9.78. The number of hydrogen-bond acceptors (Lipinski definition) is 2. The minimum absolute atomic E-state index is 0.0687. The van der Waals surface area contributed by atoms with E-state index in [1.807, 2.05) is 35.2 Å². The van der Waals surface area contributed by atoms with Gasteiger partial charge < -0.3 is 5.11 Å². The van der Waals surface area contributed by atoms with Gasteiger partial charge in [0, 0.05) is 25.6 Å². The Morgan fingerprint density at radius 2 is 2.05 bits per heavy atom. The number of nitrogens with zero attached hydrogens (tertiary/aromatic N) is 1. The van der Waals surface area contributed by atoms with Gasteiger partial charge in [-0.1, -0.05) is 30.3 Å². The normalized spacial score (nSPS) is 32.2. The Morgan fingerprint density at radius 1 is 1.35 bits per heavy atom. The van der Waals surface area contributed by atoms with E-state index in [1.165, 1.54) is 0 Å². The molecule has 0 amide bonds. The van der Waals surface area contributed by atoms with E-state index < -0.39 is 23.2 Å². The Morgan fingerprint density at radius 3 is 2.70 bits per heavy atom. The largest absolute Gasteiger partial charge is 0.481 e. The predicted octanol–water partition coefficient (Wildman–Crippen LogP) is 2.62. The van der Waals surface area contributed by atoms with E-state index in [4.69, 9.17) is 0 Å². The number of carboxylic acid groups (broad SMARTS) is 1. The van der Waals surface area contributed by atoms with Crippen molar-refractivity contribution in [1.82, 2.24) is 4.90 Å². The molecule has 3 nitrogen and oxygen atoms in total. The number of fused-ring (bicyclic) bond motifs is 2. The summed E-state index contributed by atoms with van der Waals surface area (Å²) < 4.78 is 28.5. The van der Waals surface area contributed by atoms with Crippen molar-refractivity contribution < 1.29 is 18.7 Å². The standard InChI is InChI=1S/C15H17F2NO2/c16-15(17)12-6-7-14(15,13(19)20)10-18(9-12)8-11-4-2-1-3-5-11/h1-5,12H,6-10H2,(H,19,20). The van der Waals surface area contributed by atoms with E-state index in [-0.39, 0.29) is 19.5 Å². The van der Waals surface area contributed by atoms with Crippen LogP contribution in [-0.4, -0.2) is 35.0 Å². The molecular weight excluding hydrogens is 264 g/mol. The van der Waals surface area contributed by atoms with Crippen LogP contribution >= 0.6 is 0 Å². The first kappa shape index (κ1) is 13.5. The molecule has 2 aliphatic rings. The predicted molar refractivity (Wildman–Crippen MR) is 69.5 cm³/mol. The number of carboxylic acids is 1. The topological polar surface area (TPSA) is 40.5 Å². The molecule has 5 heteroatoms. The van der Waals surface area contributed by atoms with E-state index in [9.17, 15) is 18.7 Å². The summed E-state index contributed by atoms with van der Waals surface area (Å²) in [6, 6.07) is 9.56. The van der Waals surface area contributed by atoms with Crippen LogP contribution in [0.2, 0.25) is 0 Å². The fourth-order valence-corrected chi connectivity index (χ4v) is 3.59. The molecule has 2 unspecified atom stereocenters. The van der Waals surface area contributed by atoms with E-state index in [0.717, 1.165) is 5.56 Å². The number of likely N-dealkylation sites (tertiary alicyclic amines) is 1. The van der Waals surface area contributed by atoms with Crippen molar-refractivity contribution in [2.45, 2.75) is 25.3 Å². The lowest BCUT2D eigenvalue weighted by Gasteiger charge is -2.43. The lowest BCUT2D eigenvalue weighted by molar-refractivity contribution is -0.198. The van der Waals surface area contributed by atoms with Crippen LogP contribution in [0.4, 0.5) is 8.78 Å². The molecule has 2 atom stereocenters. The maximum Gasteiger partial charge on any atom is 0.317 e. The molecule has 2 bridgehead atoms. The summed E-state index contributed by atoms with van der Waals surface area (Å²) in [5, 5.41) is 9.33. The minimum atomic E-state index is -3.09. The second-order valence-electron chi connectivity index (χ2n) is 5.90. The molecule has 20 heavy (non-hydrogen) atoms. The molecule has 0 radical (unpaired) electrons. The summed E-state index contributed by atoms with van der Waals surface area (Å²) in [6.07, 6.45) is 0.371. The monoisotopic (exact) mass is 281 g/mol. The molecule has 1 aliphatic heterocycles. The summed E-state index contributed by atoms with van der Waals surface area (Å²) in [4.78, 5) is 13.3. The number of carbonyl (C=O) groups is 1. The Bertz CT molecular complexity index is 520. The maximum absolute atomic E-state index is 14.3. The number of alkyl halides is 2. The van der Waals surface area contributed by atoms with Crippen LogP contribution in [0.5, 0.6) is 0 Å². The third-order valence-corrected chi connectivity index (χ3v) is 4.70. The Balaban J connectivity index is 1.84. The van der Waals surface area contributed by atoms with Crippen LogP contribution in [0.3, 0.4) is 0 Å². The third kappa shape index (κ3) is 1.84. The number of rotatable bonds is 3. The van der Waals surface area contributed by atoms with Gasteiger partial charge in [-0.05, 0) is 18.4 Å². The number of aliphatic carboxylic acids is 1. The molecule has 1 aromatic rings. The Labute approximate surface area is 116 Å². The number of benzene rings is 1. The van der Waals surface area contributed by atoms with E-state index in [0.29, 0.717) is 13.0 Å². The SMILES string of the molecule is O=C(O)C12CCC(CN(Cc3ccccc3)C1)C2(F)F. The van der Waals surface area contributed by atoms with Crippen molar-refractivity contribution in [1.29, 1.82) is 0 Å². The van der Waals surface area contributed by atoms with Crippen molar-refractivity contribution in [3.8, 4) is 0 Å². The summed E-state index contributed by atoms with van der Waals surface area (Å²) in [5.74, 6) is -5.29. The molecule has 1 N–H and O–H groups in total. The van der Waals surface area contributed by atoms with Crippen LogP contribution in [0.1, 0.15) is 18.4 Å². The highest BCUT2D eigenvalue weighted by molar-refractivity contribution is 5.77. The van der Waals surface area contributed by atoms with Crippen LogP contribution in [-0.2, 0) is 11.3 Å². The smallest absolute Gasteiger partial charge is 0.317 e. The van der Waals surface area contributed by atoms with Crippen molar-refractivity contribution in [2.75, 3.05) is 13.1 Å². The molecular formula is C15H17F2NO2. The van der Waals surface area contributed by atoms with Gasteiger partial charge in [0.2, 0.25) is 0 Å². The molecule has 0 aromatic heterocycles. The van der Waals surface area contributed by atoms with Crippen molar-refractivity contribution in [2.24, 2.45) is 11.3 Å². The zero-order chi connectivity index (χ0) is 14.4. The Hall–Kier alpha value is -1.49. The molecule has 1 aliphatic carbocycles. The molecule has 3 rings (SSSR count). The van der Waals surface area contributed by atoms with E-state index in [2.05, 4.69) is 0 Å². The van der Waals surface area contributed by atoms with Crippen LogP contribution < -0.4 is 0 Å². The number of piperidine rings is 1. The zero-order valence-electron chi connectivity index (χ0n) is 11.1. The van der Waals surface area contributed by atoms with Gasteiger partial charge in [-0.25, -0.2) is 8.78 Å². The highest BCUT2D eigenvalue weighted by Crippen LogP contribution is 2.57. The molecule has 1 aromatic carbocycles. The first-order chi connectivity index (χ1) is 9.46. The van der Waals surface area contributed by atoms with Crippen LogP contribution in [0.15, 0.2) is 30.3 Å². The minimum Gasteiger partial charge on any atom is -0.481 e. The zero-order valence-corrected chi connectivity index (χ0v) is 11.1. The first-order valence-electron chi connectivity index (χ1n) is 6.83. The number of hydrogen-bond donors (Lipinski definition) is 1. The van der Waals surface area contributed by atoms with Gasteiger partial charge in [-0.3, -0.25) is 9.69 Å². The van der Waals surface area contributed by atoms with Crippen molar-refractivity contribution >= 4 is 5.97 Å². The Kier molecular flexibility index (Phi) is 3.05. The van der Waals surface area contributed by atoms with Gasteiger partial charge >= 0.3 is 5.97 Å². The molecule has 2 fully saturated rings. The number of halogens is 2. The third-order valence-electron chi connectivity index (χ3n) is 4.70. The second kappa shape index (κ2) is 4.52. The van der Waals surface area contributed by atoms with Crippen molar-refractivity contribution in [3.05, 3.63) is 35.9 Å². The highest BCUT2D eigenvalue weighted by Gasteiger charge is 2.69. The average Bonchev–Trinajstić information content (AvgIpc) is 2.58. The quantitative estimate of drug-likeness (QED) is 0.926. The maximum atomic E-state index is 14.3. The van der Waals surface area contributed by atoms with Crippen molar-refractivity contribution in [3.63, 3.8) is 0 Å². The van der Waals surface area contributed by atoms with Gasteiger partial charge in [0.25, 0.3) is 5.92 Å². The fraction of sp³-hybridized carbons (Fsp3) is 0.533. The fourth-order valence-electron chi connectivity index (χ4n) is 3.59. The summed E-state index contributed by atoms with van der Waals surface area (Å²) in [7, 11) is 0. The second-order valence-corrected chi connectivity index (χ2v) is 5.90. The van der Waals surface area contributed by atoms with Crippen LogP contribution in [0.25, 0.3) is 0 Å². The van der Waals surface area contributed by atoms with Gasteiger partial charge in [0.15, 0.2) is 0 Å². The lowest BCUT2D eigenvalue weighted by Crippen LogP contribution is -2.59. The average molecular weight is 281 g/mol. The molecule has 0 spiro atoms. The molecule has 1 saturated heterocycles. The van der Waals surface area contributed by atoms with E-state index >= 15 is 0 Å². The summed E-state index contributed by atoms with van der Waals surface area (Å²) >= 11 is 0. The summed E-state index contributed by atoms with van der Waals surface area (Å²) in [6.45, 7) is 0.736. The summed E-state index contributed by atoms with van der Waals surface area (Å²) in [5.41, 5.74) is -0.873. The molecule has 1 heterocycles. The van der Waals surface area contributed by atoms with Gasteiger partial charge in [-0.2, -0.15) is 0 Å². The van der Waals surface area contributed by atoms with Gasteiger partial charge in [-0.15, -0.1) is 0 Å². The first-order valence-corrected chi connectivity index (χ1v) is 6.83. The van der Waals surface area contributed by atoms with Gasteiger partial charge in [0.1, 0.15) is 5.41 Å². The highest BCUT2D eigenvalue weighted by atomic mass is 19.3. The molecule has 1 saturated carbocycles. The van der Waals surface area contributed by atoms with E-state index in [1.54, 1.807) is 0 Å².